The summed E-state index contributed by atoms with van der Waals surface area (Å²) in [5.74, 6) is 0.439. The van der Waals surface area contributed by atoms with E-state index in [-0.39, 0.29) is 23.7 Å². The fourth-order valence-electron chi connectivity index (χ4n) is 6.27. The van der Waals surface area contributed by atoms with E-state index in [0.29, 0.717) is 74.4 Å². The number of carbonyl (C=O) groups is 2. The number of likely N-dealkylation sites (tertiary alicyclic amines) is 2. The van der Waals surface area contributed by atoms with Crippen LogP contribution in [0, 0.1) is 0 Å². The molecule has 1 atom stereocenters. The minimum Gasteiger partial charge on any atom is -0.397 e. The lowest BCUT2D eigenvalue weighted by atomic mass is 9.98. The summed E-state index contributed by atoms with van der Waals surface area (Å²) in [5, 5.41) is 8.05. The predicted octanol–water partition coefficient (Wildman–Crippen LogP) is 3.55. The number of nitrogens with one attached hydrogen (secondary N) is 2. The average molecular weight is 623 g/mol. The molecule has 5 rings (SSSR count). The average Bonchev–Trinajstić information content (AvgIpc) is 3.43. The maximum atomic E-state index is 13.9. The molecule has 1 aromatic heterocycles. The summed E-state index contributed by atoms with van der Waals surface area (Å²) in [6.45, 7) is 4.18. The van der Waals surface area contributed by atoms with E-state index in [4.69, 9.17) is 17.3 Å². The Morgan fingerprint density at radius 1 is 1.07 bits per heavy atom. The predicted molar refractivity (Wildman–Crippen MR) is 173 cm³/mol. The maximum Gasteiger partial charge on any atom is 0.343 e. The first-order valence-corrected chi connectivity index (χ1v) is 15.8. The van der Waals surface area contributed by atoms with E-state index in [2.05, 4.69) is 34.4 Å². The number of rotatable bonds is 8. The molecule has 4 N–H and O–H groups in total. The summed E-state index contributed by atoms with van der Waals surface area (Å²) in [4.78, 5) is 48.8. The van der Waals surface area contributed by atoms with Crippen LogP contribution in [0.25, 0.3) is 11.4 Å². The number of anilines is 1. The molecule has 2 fully saturated rings. The van der Waals surface area contributed by atoms with Gasteiger partial charge in [0.1, 0.15) is 6.04 Å². The SMILES string of the molecule is CCc1cc(C[C@@H](NC(=O)N2CCC(n3nc(-c4ccccc4)[nH]c3=O)CC2)C(=O)N2CCC(N(C)C)CC2)cc(Cl)c1N. The van der Waals surface area contributed by atoms with Gasteiger partial charge in [0.2, 0.25) is 5.91 Å². The smallest absolute Gasteiger partial charge is 0.343 e. The summed E-state index contributed by atoms with van der Waals surface area (Å²) in [6, 6.07) is 12.6. The first-order chi connectivity index (χ1) is 21.1. The second-order valence-electron chi connectivity index (χ2n) is 12.0. The van der Waals surface area contributed by atoms with Gasteiger partial charge in [-0.1, -0.05) is 54.9 Å². The van der Waals surface area contributed by atoms with Gasteiger partial charge in [-0.15, -0.1) is 5.10 Å². The number of nitrogen functional groups attached to an aromatic ring is 1. The van der Waals surface area contributed by atoms with Crippen LogP contribution in [0.5, 0.6) is 0 Å². The molecule has 11 nitrogen and oxygen atoms in total. The number of hydrogen-bond acceptors (Lipinski definition) is 6. The van der Waals surface area contributed by atoms with Gasteiger partial charge < -0.3 is 25.8 Å². The number of nitrogens with two attached hydrogens (primary N) is 1. The quantitative estimate of drug-likeness (QED) is 0.329. The lowest BCUT2D eigenvalue weighted by Gasteiger charge is -2.37. The number of carbonyl (C=O) groups excluding carboxylic acids is 2. The molecule has 3 amide bonds. The van der Waals surface area contributed by atoms with Crippen molar-refractivity contribution in [1.82, 2.24) is 34.8 Å². The minimum absolute atomic E-state index is 0.0899. The van der Waals surface area contributed by atoms with Crippen LogP contribution in [0.2, 0.25) is 5.02 Å². The van der Waals surface area contributed by atoms with Crippen molar-refractivity contribution in [3.05, 3.63) is 69.1 Å². The highest BCUT2D eigenvalue weighted by Gasteiger charge is 2.33. The molecule has 2 aliphatic heterocycles. The van der Waals surface area contributed by atoms with Crippen LogP contribution in [-0.2, 0) is 17.6 Å². The molecule has 2 saturated heterocycles. The number of urea groups is 1. The normalized spacial score (nSPS) is 17.2. The lowest BCUT2D eigenvalue weighted by molar-refractivity contribution is -0.134. The van der Waals surface area contributed by atoms with Crippen molar-refractivity contribution < 1.29 is 9.59 Å². The Morgan fingerprint density at radius 2 is 1.73 bits per heavy atom. The van der Waals surface area contributed by atoms with Crippen LogP contribution < -0.4 is 16.7 Å². The van der Waals surface area contributed by atoms with E-state index in [1.165, 1.54) is 4.68 Å². The van der Waals surface area contributed by atoms with E-state index in [1.54, 1.807) is 11.0 Å². The fraction of sp³-hybridized carbons (Fsp3) is 0.500. The minimum atomic E-state index is -0.747. The van der Waals surface area contributed by atoms with Crippen LogP contribution in [-0.4, -0.2) is 93.8 Å². The zero-order valence-corrected chi connectivity index (χ0v) is 26.5. The summed E-state index contributed by atoms with van der Waals surface area (Å²) >= 11 is 6.44. The number of aromatic amines is 1. The standard InChI is InChI=1S/C32H43ClN8O3/c1-4-22-18-21(19-26(33)28(22)34)20-27(30(42)39-14-10-24(11-15-39)38(2)3)35-31(43)40-16-12-25(13-17-40)41-32(44)36-29(37-41)23-8-6-5-7-9-23/h5-9,18-19,24-25,27H,4,10-17,20,34H2,1-3H3,(H,35,43)(H,36,37,44)/t27-/m1/s1. The molecule has 3 heterocycles. The molecule has 236 valence electrons. The number of H-pyrrole nitrogens is 1. The Hall–Kier alpha value is -3.83. The molecule has 0 radical (unpaired) electrons. The molecule has 0 bridgehead atoms. The zero-order chi connectivity index (χ0) is 31.4. The van der Waals surface area contributed by atoms with Gasteiger partial charge in [0, 0.05) is 44.2 Å². The number of hydrogen-bond donors (Lipinski definition) is 3. The summed E-state index contributed by atoms with van der Waals surface area (Å²) in [6.07, 6.45) is 3.96. The number of amides is 3. The van der Waals surface area contributed by atoms with Crippen LogP contribution >= 0.6 is 11.6 Å². The van der Waals surface area contributed by atoms with Crippen molar-refractivity contribution in [3.63, 3.8) is 0 Å². The topological polar surface area (TPSA) is 133 Å². The van der Waals surface area contributed by atoms with E-state index in [9.17, 15) is 14.4 Å². The molecule has 44 heavy (non-hydrogen) atoms. The highest BCUT2D eigenvalue weighted by Crippen LogP contribution is 2.27. The number of piperidine rings is 2. The van der Waals surface area contributed by atoms with Gasteiger partial charge in [0.15, 0.2) is 5.82 Å². The van der Waals surface area contributed by atoms with Crippen molar-refractivity contribution in [1.29, 1.82) is 0 Å². The number of aryl methyl sites for hydroxylation is 1. The van der Waals surface area contributed by atoms with Gasteiger partial charge in [-0.25, -0.2) is 14.3 Å². The van der Waals surface area contributed by atoms with Crippen molar-refractivity contribution in [2.75, 3.05) is 46.0 Å². The Labute approximate surface area is 263 Å². The van der Waals surface area contributed by atoms with Crippen LogP contribution in [0.3, 0.4) is 0 Å². The molecule has 0 spiro atoms. The third-order valence-corrected chi connectivity index (χ3v) is 9.30. The fourth-order valence-corrected chi connectivity index (χ4v) is 6.53. The van der Waals surface area contributed by atoms with Gasteiger partial charge in [-0.2, -0.15) is 0 Å². The molecule has 2 aliphatic rings. The first kappa shape index (κ1) is 31.6. The zero-order valence-electron chi connectivity index (χ0n) is 25.8. The number of halogens is 1. The van der Waals surface area contributed by atoms with Gasteiger partial charge in [0.25, 0.3) is 0 Å². The monoisotopic (exact) mass is 622 g/mol. The highest BCUT2D eigenvalue weighted by atomic mass is 35.5. The molecule has 0 saturated carbocycles. The Kier molecular flexibility index (Phi) is 9.95. The molecule has 12 heteroatoms. The van der Waals surface area contributed by atoms with Gasteiger partial charge in [0.05, 0.1) is 16.8 Å². The summed E-state index contributed by atoms with van der Waals surface area (Å²) in [5.41, 5.74) is 9.07. The van der Waals surface area contributed by atoms with Gasteiger partial charge in [-0.05, 0) is 63.4 Å². The summed E-state index contributed by atoms with van der Waals surface area (Å²) in [7, 11) is 4.13. The van der Waals surface area contributed by atoms with Crippen LogP contribution in [0.1, 0.15) is 49.8 Å². The van der Waals surface area contributed by atoms with Crippen LogP contribution in [0.4, 0.5) is 10.5 Å². The van der Waals surface area contributed by atoms with Crippen molar-refractivity contribution in [3.8, 4) is 11.4 Å². The summed E-state index contributed by atoms with van der Waals surface area (Å²) < 4.78 is 1.50. The maximum absolute atomic E-state index is 13.9. The second kappa shape index (κ2) is 13.9. The van der Waals surface area contributed by atoms with Crippen molar-refractivity contribution in [2.45, 2.75) is 63.6 Å². The Balaban J connectivity index is 1.27. The number of aromatic nitrogens is 3. The highest BCUT2D eigenvalue weighted by molar-refractivity contribution is 6.33. The third-order valence-electron chi connectivity index (χ3n) is 8.98. The lowest BCUT2D eigenvalue weighted by Crippen LogP contribution is -2.56. The van der Waals surface area contributed by atoms with E-state index in [1.807, 2.05) is 48.2 Å². The largest absolute Gasteiger partial charge is 0.397 e. The van der Waals surface area contributed by atoms with E-state index in [0.717, 1.165) is 29.5 Å². The van der Waals surface area contributed by atoms with E-state index < -0.39 is 6.04 Å². The molecule has 2 aromatic carbocycles. The Morgan fingerprint density at radius 3 is 2.36 bits per heavy atom. The Bertz CT molecular complexity index is 1510. The second-order valence-corrected chi connectivity index (χ2v) is 12.4. The van der Waals surface area contributed by atoms with E-state index >= 15 is 0 Å². The first-order valence-electron chi connectivity index (χ1n) is 15.5. The molecule has 3 aromatic rings. The van der Waals surface area contributed by atoms with Gasteiger partial charge >= 0.3 is 11.7 Å². The van der Waals surface area contributed by atoms with Gasteiger partial charge in [-0.3, -0.25) is 9.78 Å². The third kappa shape index (κ3) is 7.10. The van der Waals surface area contributed by atoms with Crippen molar-refractivity contribution >= 4 is 29.2 Å². The molecular formula is C32H43ClN8O3. The number of benzene rings is 2. The van der Waals surface area contributed by atoms with Crippen LogP contribution in [0.15, 0.2) is 47.3 Å². The molecular weight excluding hydrogens is 580 g/mol. The molecule has 0 unspecified atom stereocenters. The number of nitrogens with zero attached hydrogens (tertiary/aromatic N) is 5. The molecule has 0 aliphatic carbocycles. The van der Waals surface area contributed by atoms with Crippen molar-refractivity contribution in [2.24, 2.45) is 0 Å².